The van der Waals surface area contributed by atoms with Crippen molar-refractivity contribution in [3.63, 3.8) is 0 Å². The number of aliphatic hydroxyl groups excluding tert-OH is 1. The molecule has 0 saturated carbocycles. The van der Waals surface area contributed by atoms with Crippen molar-refractivity contribution in [3.8, 4) is 5.75 Å². The van der Waals surface area contributed by atoms with Gasteiger partial charge in [0.25, 0.3) is 5.91 Å². The topological polar surface area (TPSA) is 99.6 Å². The van der Waals surface area contributed by atoms with E-state index in [2.05, 4.69) is 0 Å². The van der Waals surface area contributed by atoms with Gasteiger partial charge in [0, 0.05) is 29.5 Å². The van der Waals surface area contributed by atoms with Gasteiger partial charge in [-0.1, -0.05) is 66.2 Å². The Bertz CT molecular complexity index is 1750. The monoisotopic (exact) mass is 653 g/mol. The molecule has 7 rings (SSSR count). The Balaban J connectivity index is 1.36. The van der Waals surface area contributed by atoms with Crippen LogP contribution in [-0.4, -0.2) is 71.3 Å². The van der Waals surface area contributed by atoms with Crippen LogP contribution in [0.2, 0.25) is 5.02 Å². The van der Waals surface area contributed by atoms with E-state index < -0.39 is 47.6 Å². The summed E-state index contributed by atoms with van der Waals surface area (Å²) >= 11 is 6.17. The predicted octanol–water partition coefficient (Wildman–Crippen LogP) is 4.95. The molecule has 1 N–H and O–H groups in total. The molecule has 4 heterocycles. The third kappa shape index (κ3) is 4.96. The van der Waals surface area contributed by atoms with Gasteiger partial charge in [0.05, 0.1) is 36.7 Å². The smallest absolute Gasteiger partial charge is 0.253 e. The van der Waals surface area contributed by atoms with Crippen LogP contribution in [0.4, 0.5) is 11.4 Å². The lowest BCUT2D eigenvalue weighted by molar-refractivity contribution is -0.148. The minimum atomic E-state index is -1.49. The first-order valence-corrected chi connectivity index (χ1v) is 16.2. The number of hydrogen-bond donors (Lipinski definition) is 1. The Morgan fingerprint density at radius 1 is 0.851 bits per heavy atom. The number of carbonyl (C=O) groups excluding carboxylic acids is 3. The lowest BCUT2D eigenvalue weighted by atomic mass is 9.74. The van der Waals surface area contributed by atoms with Crippen molar-refractivity contribution in [3.05, 3.63) is 114 Å². The van der Waals surface area contributed by atoms with Crippen LogP contribution in [0, 0.1) is 11.8 Å². The Hall–Kier alpha value is -4.44. The quantitative estimate of drug-likeness (QED) is 0.363. The van der Waals surface area contributed by atoms with Gasteiger partial charge in [0.2, 0.25) is 11.8 Å². The highest BCUT2D eigenvalue weighted by Gasteiger charge is 2.75. The summed E-state index contributed by atoms with van der Waals surface area (Å²) in [6.07, 6.45) is 7.37. The van der Waals surface area contributed by atoms with Crippen LogP contribution in [0.25, 0.3) is 0 Å². The Labute approximate surface area is 278 Å². The van der Waals surface area contributed by atoms with E-state index in [1.165, 1.54) is 4.90 Å². The van der Waals surface area contributed by atoms with Gasteiger partial charge in [-0.05, 0) is 67.9 Å². The van der Waals surface area contributed by atoms with Gasteiger partial charge in [-0.15, -0.1) is 0 Å². The summed E-state index contributed by atoms with van der Waals surface area (Å²) in [4.78, 5) is 49.3. The first-order chi connectivity index (χ1) is 22.7. The average molecular weight is 654 g/mol. The standard InChI is InChI=1S/C37H36ClN3O6/c1-3-46-28-17-15-27(16-18-28)39-21-7-19-36(2)30(33(39)43)31-34(44)41(29(23-42)24-9-5-4-6-10-24)32-35(45)40(22-8-20-37(31,32)47-36)26-13-11-25(38)12-14-26/h4-20,29-32,42H,3,21-23H2,1-2H3/t29-,30-,31+,32?,36+,37+/m1/s1. The zero-order valence-electron chi connectivity index (χ0n) is 26.2. The second-order valence-corrected chi connectivity index (χ2v) is 12.9. The number of rotatable bonds is 7. The summed E-state index contributed by atoms with van der Waals surface area (Å²) in [7, 11) is 0. The number of carbonyl (C=O) groups is 3. The molecule has 2 saturated heterocycles. The van der Waals surface area contributed by atoms with Crippen molar-refractivity contribution in [2.75, 3.05) is 36.1 Å². The molecule has 3 aromatic carbocycles. The van der Waals surface area contributed by atoms with E-state index in [1.807, 2.05) is 86.7 Å². The van der Waals surface area contributed by atoms with Gasteiger partial charge in [-0.2, -0.15) is 0 Å². The summed E-state index contributed by atoms with van der Waals surface area (Å²) in [6, 6.07) is 21.3. The highest BCUT2D eigenvalue weighted by atomic mass is 35.5. The van der Waals surface area contributed by atoms with Crippen molar-refractivity contribution < 1.29 is 29.0 Å². The molecule has 4 aliphatic heterocycles. The minimum Gasteiger partial charge on any atom is -0.494 e. The van der Waals surface area contributed by atoms with Crippen molar-refractivity contribution >= 4 is 40.7 Å². The van der Waals surface area contributed by atoms with Crippen LogP contribution in [0.1, 0.15) is 25.5 Å². The lowest BCUT2D eigenvalue weighted by Crippen LogP contribution is -2.57. The molecular weight excluding hydrogens is 618 g/mol. The number of likely N-dealkylation sites (tertiary alicyclic amines) is 1. The summed E-state index contributed by atoms with van der Waals surface area (Å²) in [5.41, 5.74) is -0.745. The van der Waals surface area contributed by atoms with Gasteiger partial charge >= 0.3 is 0 Å². The molecule has 2 fully saturated rings. The fourth-order valence-electron chi connectivity index (χ4n) is 7.80. The van der Waals surface area contributed by atoms with Crippen LogP contribution in [0.3, 0.4) is 0 Å². The minimum absolute atomic E-state index is 0.218. The van der Waals surface area contributed by atoms with Crippen molar-refractivity contribution in [2.45, 2.75) is 37.1 Å². The highest BCUT2D eigenvalue weighted by molar-refractivity contribution is 6.30. The second-order valence-electron chi connectivity index (χ2n) is 12.5. The second kappa shape index (κ2) is 12.0. The van der Waals surface area contributed by atoms with Crippen molar-refractivity contribution in [1.82, 2.24) is 4.90 Å². The van der Waals surface area contributed by atoms with Crippen LogP contribution >= 0.6 is 11.6 Å². The molecule has 3 aromatic rings. The third-order valence-corrected chi connectivity index (χ3v) is 10.0. The molecule has 4 aliphatic rings. The molecule has 0 bridgehead atoms. The van der Waals surface area contributed by atoms with Gasteiger partial charge in [0.15, 0.2) is 0 Å². The maximum Gasteiger partial charge on any atom is 0.253 e. The van der Waals surface area contributed by atoms with Crippen LogP contribution in [0.5, 0.6) is 5.75 Å². The summed E-state index contributed by atoms with van der Waals surface area (Å²) < 4.78 is 12.6. The molecule has 9 nitrogen and oxygen atoms in total. The lowest BCUT2D eigenvalue weighted by Gasteiger charge is -2.40. The number of benzene rings is 3. The molecule has 0 aliphatic carbocycles. The third-order valence-electron chi connectivity index (χ3n) is 9.79. The van der Waals surface area contributed by atoms with Crippen molar-refractivity contribution in [1.29, 1.82) is 0 Å². The van der Waals surface area contributed by atoms with Crippen LogP contribution in [-0.2, 0) is 19.1 Å². The predicted molar refractivity (Wildman–Crippen MR) is 178 cm³/mol. The Kier molecular flexibility index (Phi) is 7.94. The Morgan fingerprint density at radius 2 is 1.47 bits per heavy atom. The van der Waals surface area contributed by atoms with E-state index in [4.69, 9.17) is 21.1 Å². The molecule has 10 heteroatoms. The average Bonchev–Trinajstić information content (AvgIpc) is 3.34. The zero-order chi connectivity index (χ0) is 32.9. The van der Waals surface area contributed by atoms with Gasteiger partial charge < -0.3 is 29.3 Å². The molecule has 0 radical (unpaired) electrons. The van der Waals surface area contributed by atoms with E-state index >= 15 is 0 Å². The van der Waals surface area contributed by atoms with E-state index in [0.29, 0.717) is 34.3 Å². The van der Waals surface area contributed by atoms with Crippen molar-refractivity contribution in [2.24, 2.45) is 11.8 Å². The molecule has 47 heavy (non-hydrogen) atoms. The molecule has 3 amide bonds. The summed E-state index contributed by atoms with van der Waals surface area (Å²) in [5.74, 6) is -2.38. The normalized spacial score (nSPS) is 28.9. The molecule has 0 aromatic heterocycles. The zero-order valence-corrected chi connectivity index (χ0v) is 26.9. The summed E-state index contributed by atoms with van der Waals surface area (Å²) in [5, 5.41) is 11.3. The molecular formula is C37H36ClN3O6. The number of amides is 3. The number of nitrogens with zero attached hydrogens (tertiary/aromatic N) is 3. The van der Waals surface area contributed by atoms with Gasteiger partial charge in [-0.3, -0.25) is 14.4 Å². The maximum absolute atomic E-state index is 15.0. The molecule has 1 unspecified atom stereocenters. The molecule has 1 spiro atoms. The van der Waals surface area contributed by atoms with Crippen LogP contribution in [0.15, 0.2) is 103 Å². The number of fused-ring (bicyclic) bond motifs is 2. The number of hydrogen-bond acceptors (Lipinski definition) is 6. The van der Waals surface area contributed by atoms with Gasteiger partial charge in [-0.25, -0.2) is 0 Å². The van der Waals surface area contributed by atoms with Crippen LogP contribution < -0.4 is 14.5 Å². The number of ether oxygens (including phenoxy) is 2. The first kappa shape index (κ1) is 31.2. The molecule has 242 valence electrons. The number of aliphatic hydroxyl groups is 1. The fraction of sp³-hybridized carbons (Fsp3) is 0.324. The van der Waals surface area contributed by atoms with Gasteiger partial charge in [0.1, 0.15) is 17.4 Å². The fourth-order valence-corrected chi connectivity index (χ4v) is 7.93. The van der Waals surface area contributed by atoms with E-state index in [-0.39, 0.29) is 24.9 Å². The van der Waals surface area contributed by atoms with E-state index in [1.54, 1.807) is 40.1 Å². The largest absolute Gasteiger partial charge is 0.494 e. The highest BCUT2D eigenvalue weighted by Crippen LogP contribution is 2.59. The van der Waals surface area contributed by atoms with E-state index in [0.717, 1.165) is 0 Å². The summed E-state index contributed by atoms with van der Waals surface area (Å²) in [6.45, 7) is 4.31. The number of halogens is 1. The van der Waals surface area contributed by atoms with E-state index in [9.17, 15) is 19.5 Å². The molecule has 6 atom stereocenters. The number of anilines is 2. The first-order valence-electron chi connectivity index (χ1n) is 15.9. The maximum atomic E-state index is 15.0. The Morgan fingerprint density at radius 3 is 2.11 bits per heavy atom. The SMILES string of the molecule is CCOc1ccc(N2CC=C[C@]3(C)O[C@]45C=CCN(c6ccc(Cl)cc6)C(=O)C4N([C@H](CO)c4ccccc4)C(=O)[C@@H]5[C@@H]3C2=O)cc1.